The molecule has 3 nitrogen and oxygen atoms in total. The molecule has 0 saturated heterocycles. The minimum absolute atomic E-state index is 0.296. The van der Waals surface area contributed by atoms with Crippen molar-refractivity contribution in [2.75, 3.05) is 0 Å². The van der Waals surface area contributed by atoms with Gasteiger partial charge in [0.2, 0.25) is 0 Å². The van der Waals surface area contributed by atoms with Crippen molar-refractivity contribution in [3.05, 3.63) is 69.2 Å². The first-order valence-corrected chi connectivity index (χ1v) is 7.66. The number of nitrogens with one attached hydrogen (secondary N) is 1. The smallest absolute Gasteiger partial charge is 0.267 e. The summed E-state index contributed by atoms with van der Waals surface area (Å²) in [6.45, 7) is 3.94. The maximum absolute atomic E-state index is 12.1. The molecule has 0 saturated carbocycles. The topological polar surface area (TPSA) is 41.5 Å². The minimum Gasteiger partial charge on any atom is -0.267 e. The number of carbonyl (C=O) groups is 1. The average molecular weight is 335 g/mol. The maximum Gasteiger partial charge on any atom is 0.272 e. The SMILES string of the molecule is CCc1ccc(C(C)=NNC(=O)c2ccc(Cl)cc2Cl)cc1. The quantitative estimate of drug-likeness (QED) is 0.638. The van der Waals surface area contributed by atoms with Gasteiger partial charge in [-0.15, -0.1) is 0 Å². The van der Waals surface area contributed by atoms with E-state index in [0.29, 0.717) is 15.6 Å². The first-order chi connectivity index (χ1) is 10.5. The summed E-state index contributed by atoms with van der Waals surface area (Å²) in [6.07, 6.45) is 0.988. The van der Waals surface area contributed by atoms with Gasteiger partial charge < -0.3 is 0 Å². The Hall–Kier alpha value is -1.84. The van der Waals surface area contributed by atoms with E-state index in [2.05, 4.69) is 17.5 Å². The molecule has 0 unspecified atom stereocenters. The number of hydrazone groups is 1. The number of aryl methyl sites for hydroxylation is 1. The lowest BCUT2D eigenvalue weighted by Crippen LogP contribution is -2.19. The summed E-state index contributed by atoms with van der Waals surface area (Å²) in [5, 5.41) is 4.90. The lowest BCUT2D eigenvalue weighted by Gasteiger charge is -2.05. The van der Waals surface area contributed by atoms with E-state index in [0.717, 1.165) is 17.7 Å². The number of halogens is 2. The van der Waals surface area contributed by atoms with Crippen LogP contribution in [-0.2, 0) is 6.42 Å². The highest BCUT2D eigenvalue weighted by Gasteiger charge is 2.10. The third-order valence-corrected chi connectivity index (χ3v) is 3.83. The van der Waals surface area contributed by atoms with Crippen LogP contribution in [0.15, 0.2) is 47.6 Å². The van der Waals surface area contributed by atoms with E-state index in [1.54, 1.807) is 12.1 Å². The van der Waals surface area contributed by atoms with Crippen LogP contribution in [0.5, 0.6) is 0 Å². The van der Waals surface area contributed by atoms with Crippen LogP contribution in [0.25, 0.3) is 0 Å². The zero-order valence-electron chi connectivity index (χ0n) is 12.4. The maximum atomic E-state index is 12.1. The van der Waals surface area contributed by atoms with Gasteiger partial charge in [-0.3, -0.25) is 4.79 Å². The largest absolute Gasteiger partial charge is 0.272 e. The molecule has 2 aromatic rings. The summed E-state index contributed by atoms with van der Waals surface area (Å²) >= 11 is 11.8. The van der Waals surface area contributed by atoms with E-state index in [9.17, 15) is 4.79 Å². The van der Waals surface area contributed by atoms with Crippen LogP contribution in [0.1, 0.15) is 35.3 Å². The Balaban J connectivity index is 2.10. The minimum atomic E-state index is -0.369. The Morgan fingerprint density at radius 3 is 2.41 bits per heavy atom. The molecule has 114 valence electrons. The zero-order valence-corrected chi connectivity index (χ0v) is 13.9. The van der Waals surface area contributed by atoms with E-state index >= 15 is 0 Å². The molecule has 5 heteroatoms. The van der Waals surface area contributed by atoms with Crippen LogP contribution < -0.4 is 5.43 Å². The van der Waals surface area contributed by atoms with Gasteiger partial charge in [-0.25, -0.2) is 5.43 Å². The van der Waals surface area contributed by atoms with E-state index in [1.165, 1.54) is 11.6 Å². The number of hydrogen-bond acceptors (Lipinski definition) is 2. The van der Waals surface area contributed by atoms with Gasteiger partial charge in [0.15, 0.2) is 0 Å². The molecule has 0 fully saturated rings. The van der Waals surface area contributed by atoms with Crippen LogP contribution in [-0.4, -0.2) is 11.6 Å². The number of rotatable bonds is 4. The van der Waals surface area contributed by atoms with Crippen LogP contribution in [0.4, 0.5) is 0 Å². The van der Waals surface area contributed by atoms with Gasteiger partial charge in [-0.05, 0) is 42.7 Å². The fourth-order valence-corrected chi connectivity index (χ4v) is 2.41. The number of benzene rings is 2. The normalized spacial score (nSPS) is 11.4. The van der Waals surface area contributed by atoms with Gasteiger partial charge in [0, 0.05) is 5.02 Å². The second kappa shape index (κ2) is 7.43. The van der Waals surface area contributed by atoms with E-state index in [-0.39, 0.29) is 5.91 Å². The van der Waals surface area contributed by atoms with Crippen molar-refractivity contribution in [2.24, 2.45) is 5.10 Å². The number of amides is 1. The molecule has 2 aromatic carbocycles. The Bertz CT molecular complexity index is 709. The summed E-state index contributed by atoms with van der Waals surface area (Å²) in [4.78, 5) is 12.1. The summed E-state index contributed by atoms with van der Waals surface area (Å²) in [5.74, 6) is -0.369. The second-order valence-electron chi connectivity index (χ2n) is 4.81. The predicted octanol–water partition coefficient (Wildman–Crippen LogP) is 4.71. The van der Waals surface area contributed by atoms with Gasteiger partial charge in [0.05, 0.1) is 16.3 Å². The van der Waals surface area contributed by atoms with Gasteiger partial charge in [-0.1, -0.05) is 54.4 Å². The van der Waals surface area contributed by atoms with Crippen LogP contribution in [0.3, 0.4) is 0 Å². The highest BCUT2D eigenvalue weighted by Crippen LogP contribution is 2.20. The Kier molecular flexibility index (Phi) is 5.58. The standard InChI is InChI=1S/C17H16Cl2N2O/c1-3-12-4-6-13(7-5-12)11(2)20-21-17(22)15-9-8-14(18)10-16(15)19/h4-10H,3H2,1-2H3,(H,21,22). The molecular weight excluding hydrogens is 319 g/mol. The highest BCUT2D eigenvalue weighted by molar-refractivity contribution is 6.36. The number of hydrogen-bond donors (Lipinski definition) is 1. The molecule has 0 bridgehead atoms. The van der Waals surface area contributed by atoms with Gasteiger partial charge >= 0.3 is 0 Å². The van der Waals surface area contributed by atoms with Crippen molar-refractivity contribution < 1.29 is 4.79 Å². The lowest BCUT2D eigenvalue weighted by molar-refractivity contribution is 0.0955. The molecule has 2 rings (SSSR count). The molecule has 0 radical (unpaired) electrons. The third kappa shape index (κ3) is 4.09. The van der Waals surface area contributed by atoms with Crippen LogP contribution >= 0.6 is 23.2 Å². The van der Waals surface area contributed by atoms with Gasteiger partial charge in [0.1, 0.15) is 0 Å². The monoisotopic (exact) mass is 334 g/mol. The van der Waals surface area contributed by atoms with Crippen LogP contribution in [0.2, 0.25) is 10.0 Å². The second-order valence-corrected chi connectivity index (χ2v) is 5.66. The molecule has 0 spiro atoms. The average Bonchev–Trinajstić information content (AvgIpc) is 2.52. The zero-order chi connectivity index (χ0) is 16.1. The first kappa shape index (κ1) is 16.5. The summed E-state index contributed by atoms with van der Waals surface area (Å²) < 4.78 is 0. The summed E-state index contributed by atoms with van der Waals surface area (Å²) in [7, 11) is 0. The van der Waals surface area contributed by atoms with Crippen molar-refractivity contribution in [3.63, 3.8) is 0 Å². The molecule has 0 aliphatic heterocycles. The molecule has 1 N–H and O–H groups in total. The van der Waals surface area contributed by atoms with Crippen molar-refractivity contribution in [1.29, 1.82) is 0 Å². The first-order valence-electron chi connectivity index (χ1n) is 6.90. The molecule has 0 heterocycles. The fourth-order valence-electron chi connectivity index (χ4n) is 1.91. The molecule has 0 aliphatic carbocycles. The molecule has 22 heavy (non-hydrogen) atoms. The summed E-state index contributed by atoms with van der Waals surface area (Å²) in [5.41, 5.74) is 5.78. The van der Waals surface area contributed by atoms with Crippen molar-refractivity contribution >= 4 is 34.8 Å². The molecule has 1 amide bonds. The third-order valence-electron chi connectivity index (χ3n) is 3.28. The molecule has 0 aromatic heterocycles. The van der Waals surface area contributed by atoms with Gasteiger partial charge in [-0.2, -0.15) is 5.10 Å². The Morgan fingerprint density at radius 1 is 1.14 bits per heavy atom. The summed E-state index contributed by atoms with van der Waals surface area (Å²) in [6, 6.07) is 12.8. The molecule has 0 atom stereocenters. The van der Waals surface area contributed by atoms with Gasteiger partial charge in [0.25, 0.3) is 5.91 Å². The van der Waals surface area contributed by atoms with E-state index < -0.39 is 0 Å². The number of nitrogens with zero attached hydrogens (tertiary/aromatic N) is 1. The molecule has 0 aliphatic rings. The molecular formula is C17H16Cl2N2O. The Labute approximate surface area is 139 Å². The lowest BCUT2D eigenvalue weighted by atomic mass is 10.1. The highest BCUT2D eigenvalue weighted by atomic mass is 35.5. The fraction of sp³-hybridized carbons (Fsp3) is 0.176. The Morgan fingerprint density at radius 2 is 1.82 bits per heavy atom. The van der Waals surface area contributed by atoms with Crippen LogP contribution in [0, 0.1) is 0 Å². The number of carbonyl (C=O) groups excluding carboxylic acids is 1. The van der Waals surface area contributed by atoms with Crippen molar-refractivity contribution in [2.45, 2.75) is 20.3 Å². The predicted molar refractivity (Wildman–Crippen MR) is 92.0 cm³/mol. The van der Waals surface area contributed by atoms with Crippen molar-refractivity contribution in [3.8, 4) is 0 Å². The van der Waals surface area contributed by atoms with E-state index in [1.807, 2.05) is 31.2 Å². The van der Waals surface area contributed by atoms with Crippen molar-refractivity contribution in [1.82, 2.24) is 5.43 Å². The van der Waals surface area contributed by atoms with E-state index in [4.69, 9.17) is 23.2 Å².